The molecule has 0 saturated heterocycles. The number of rotatable bonds is 5. The van der Waals surface area contributed by atoms with Crippen LogP contribution >= 0.6 is 0 Å². The summed E-state index contributed by atoms with van der Waals surface area (Å²) in [5.74, 6) is -3.74. The SMILES string of the molecule is N#C[C@]1(C(=O)c2ccccc2)[C@H](c2ccccc2)[C@H]2C(=O)CC[C@H]2[C@@H]([N+](=O)[O-])[C@@H]1c1ccccc1. The van der Waals surface area contributed by atoms with Crippen molar-refractivity contribution < 1.29 is 14.5 Å². The number of carbonyl (C=O) groups is 2. The molecule has 0 N–H and O–H groups in total. The summed E-state index contributed by atoms with van der Waals surface area (Å²) in [5, 5.41) is 23.6. The topological polar surface area (TPSA) is 101 Å². The molecule has 0 unspecified atom stereocenters. The van der Waals surface area contributed by atoms with Crippen molar-refractivity contribution in [3.05, 3.63) is 118 Å². The lowest BCUT2D eigenvalue weighted by atomic mass is 9.48. The number of nitrogens with zero attached hydrogens (tertiary/aromatic N) is 2. The van der Waals surface area contributed by atoms with Gasteiger partial charge in [0.15, 0.2) is 5.78 Å². The Morgan fingerprint density at radius 2 is 1.40 bits per heavy atom. The number of carbonyl (C=O) groups excluding carboxylic acids is 2. The first-order valence-corrected chi connectivity index (χ1v) is 11.8. The van der Waals surface area contributed by atoms with Crippen molar-refractivity contribution >= 4 is 11.6 Å². The van der Waals surface area contributed by atoms with E-state index in [1.807, 2.05) is 30.3 Å². The molecule has 3 aromatic rings. The molecule has 6 heteroatoms. The zero-order valence-corrected chi connectivity index (χ0v) is 19.0. The molecule has 2 saturated carbocycles. The minimum atomic E-state index is -1.84. The van der Waals surface area contributed by atoms with Gasteiger partial charge in [-0.15, -0.1) is 0 Å². The standard InChI is InChI=1S/C29H24N2O4/c30-18-29(28(33)21-14-8-3-9-15-21)25(19-10-4-1-5-11-19)24-22(16-17-23(24)32)27(31(34)35)26(29)20-12-6-2-7-13-20/h1-15,22,24-27H,16-17H2/t22-,24-,25-,26+,27-,29+/m1/s1. The second-order valence-electron chi connectivity index (χ2n) is 9.42. The van der Waals surface area contributed by atoms with Crippen LogP contribution in [0.25, 0.3) is 0 Å². The van der Waals surface area contributed by atoms with Crippen molar-refractivity contribution in [2.45, 2.75) is 30.7 Å². The Balaban J connectivity index is 1.87. The third kappa shape index (κ3) is 3.47. The molecule has 0 heterocycles. The third-order valence-electron chi connectivity index (χ3n) is 7.84. The van der Waals surface area contributed by atoms with Crippen LogP contribution in [0.2, 0.25) is 0 Å². The Morgan fingerprint density at radius 3 is 1.91 bits per heavy atom. The van der Waals surface area contributed by atoms with E-state index in [1.165, 1.54) is 0 Å². The van der Waals surface area contributed by atoms with Crippen LogP contribution in [-0.4, -0.2) is 22.5 Å². The van der Waals surface area contributed by atoms with Gasteiger partial charge in [0, 0.05) is 34.7 Å². The zero-order chi connectivity index (χ0) is 24.6. The van der Waals surface area contributed by atoms with E-state index in [0.29, 0.717) is 23.1 Å². The van der Waals surface area contributed by atoms with Crippen molar-refractivity contribution in [2.75, 3.05) is 0 Å². The van der Waals surface area contributed by atoms with Gasteiger partial charge in [-0.3, -0.25) is 19.7 Å². The van der Waals surface area contributed by atoms with Crippen LogP contribution in [0.15, 0.2) is 91.0 Å². The van der Waals surface area contributed by atoms with Gasteiger partial charge in [-0.1, -0.05) is 91.0 Å². The molecule has 0 amide bonds. The molecule has 35 heavy (non-hydrogen) atoms. The minimum absolute atomic E-state index is 0.109. The molecule has 3 aromatic carbocycles. The summed E-state index contributed by atoms with van der Waals surface area (Å²) in [6, 6.07) is 27.5. The predicted molar refractivity (Wildman–Crippen MR) is 129 cm³/mol. The first-order chi connectivity index (χ1) is 17.0. The highest BCUT2D eigenvalue weighted by molar-refractivity contribution is 6.05. The number of ketones is 2. The first kappa shape index (κ1) is 22.7. The fourth-order valence-electron chi connectivity index (χ4n) is 6.53. The smallest absolute Gasteiger partial charge is 0.225 e. The maximum absolute atomic E-state index is 14.4. The fourth-order valence-corrected chi connectivity index (χ4v) is 6.53. The lowest BCUT2D eigenvalue weighted by Gasteiger charge is -2.50. The van der Waals surface area contributed by atoms with E-state index in [0.717, 1.165) is 0 Å². The average molecular weight is 465 g/mol. The van der Waals surface area contributed by atoms with Crippen molar-refractivity contribution in [3.8, 4) is 6.07 Å². The number of fused-ring (bicyclic) bond motifs is 1. The maximum Gasteiger partial charge on any atom is 0.225 e. The Kier molecular flexibility index (Phi) is 5.78. The molecular weight excluding hydrogens is 440 g/mol. The van der Waals surface area contributed by atoms with Gasteiger partial charge in [-0.05, 0) is 17.5 Å². The van der Waals surface area contributed by atoms with E-state index in [-0.39, 0.29) is 17.1 Å². The van der Waals surface area contributed by atoms with E-state index in [4.69, 9.17) is 0 Å². The lowest BCUT2D eigenvalue weighted by Crippen LogP contribution is -2.58. The molecule has 5 rings (SSSR count). The number of hydrogen-bond acceptors (Lipinski definition) is 5. The normalized spacial score (nSPS) is 29.7. The monoisotopic (exact) mass is 464 g/mol. The highest BCUT2D eigenvalue weighted by Crippen LogP contribution is 2.63. The second-order valence-corrected chi connectivity index (χ2v) is 9.42. The van der Waals surface area contributed by atoms with Crippen molar-refractivity contribution in [2.24, 2.45) is 17.3 Å². The molecule has 6 nitrogen and oxygen atoms in total. The maximum atomic E-state index is 14.4. The quantitative estimate of drug-likeness (QED) is 0.293. The summed E-state index contributed by atoms with van der Waals surface area (Å²) in [6.07, 6.45) is 0.592. The molecule has 0 radical (unpaired) electrons. The van der Waals surface area contributed by atoms with Crippen LogP contribution in [0.5, 0.6) is 0 Å². The van der Waals surface area contributed by atoms with Gasteiger partial charge in [0.1, 0.15) is 11.2 Å². The van der Waals surface area contributed by atoms with Gasteiger partial charge in [-0.25, -0.2) is 0 Å². The van der Waals surface area contributed by atoms with E-state index < -0.39 is 40.9 Å². The first-order valence-electron chi connectivity index (χ1n) is 11.8. The van der Waals surface area contributed by atoms with Crippen LogP contribution in [-0.2, 0) is 4.79 Å². The van der Waals surface area contributed by atoms with Crippen LogP contribution in [0.3, 0.4) is 0 Å². The van der Waals surface area contributed by atoms with Gasteiger partial charge in [-0.2, -0.15) is 5.26 Å². The van der Waals surface area contributed by atoms with Crippen LogP contribution in [0.1, 0.15) is 46.2 Å². The Morgan fingerprint density at radius 1 is 0.886 bits per heavy atom. The number of benzene rings is 3. The highest BCUT2D eigenvalue weighted by Gasteiger charge is 2.70. The highest BCUT2D eigenvalue weighted by atomic mass is 16.6. The molecule has 0 bridgehead atoms. The van der Waals surface area contributed by atoms with Gasteiger partial charge in [0.2, 0.25) is 6.04 Å². The van der Waals surface area contributed by atoms with E-state index in [1.54, 1.807) is 60.7 Å². The molecule has 2 aliphatic carbocycles. The Bertz CT molecular complexity index is 1300. The molecule has 174 valence electrons. The summed E-state index contributed by atoms with van der Waals surface area (Å²) in [6.45, 7) is 0. The molecule has 0 aliphatic heterocycles. The van der Waals surface area contributed by atoms with E-state index >= 15 is 0 Å². The Labute approximate surface area is 203 Å². The van der Waals surface area contributed by atoms with Crippen molar-refractivity contribution in [1.29, 1.82) is 5.26 Å². The summed E-state index contributed by atoms with van der Waals surface area (Å²) in [7, 11) is 0. The Hall–Kier alpha value is -4.11. The molecule has 2 fully saturated rings. The van der Waals surface area contributed by atoms with Gasteiger partial charge in [0.25, 0.3) is 0 Å². The average Bonchev–Trinajstić information content (AvgIpc) is 3.28. The summed E-state index contributed by atoms with van der Waals surface area (Å²) in [5.41, 5.74) is -0.282. The van der Waals surface area contributed by atoms with Gasteiger partial charge in [0.05, 0.1) is 12.0 Å². The predicted octanol–water partition coefficient (Wildman–Crippen LogP) is 5.20. The number of Topliss-reactive ketones (excluding diaryl/α,β-unsaturated/α-hetero) is 2. The summed E-state index contributed by atoms with van der Waals surface area (Å²) in [4.78, 5) is 40.1. The molecule has 0 spiro atoms. The van der Waals surface area contributed by atoms with Crippen LogP contribution < -0.4 is 0 Å². The van der Waals surface area contributed by atoms with E-state index in [2.05, 4.69) is 6.07 Å². The number of hydrogen-bond donors (Lipinski definition) is 0. The molecule has 6 atom stereocenters. The van der Waals surface area contributed by atoms with E-state index in [9.17, 15) is 25.0 Å². The van der Waals surface area contributed by atoms with Crippen molar-refractivity contribution in [3.63, 3.8) is 0 Å². The van der Waals surface area contributed by atoms with Crippen molar-refractivity contribution in [1.82, 2.24) is 0 Å². The van der Waals surface area contributed by atoms with Crippen LogP contribution in [0.4, 0.5) is 0 Å². The summed E-state index contributed by atoms with van der Waals surface area (Å²) >= 11 is 0. The third-order valence-corrected chi connectivity index (χ3v) is 7.84. The van der Waals surface area contributed by atoms with Gasteiger partial charge >= 0.3 is 0 Å². The minimum Gasteiger partial charge on any atom is -0.299 e. The lowest BCUT2D eigenvalue weighted by molar-refractivity contribution is -0.543. The molecular formula is C29H24N2O4. The van der Waals surface area contributed by atoms with Gasteiger partial charge < -0.3 is 0 Å². The van der Waals surface area contributed by atoms with Crippen LogP contribution in [0, 0.1) is 38.7 Å². The molecule has 2 aliphatic rings. The second kappa shape index (κ2) is 8.92. The number of nitro groups is 1. The fraction of sp³-hybridized carbons (Fsp3) is 0.276. The largest absolute Gasteiger partial charge is 0.299 e. The number of nitriles is 1. The summed E-state index contributed by atoms with van der Waals surface area (Å²) < 4.78 is 0. The zero-order valence-electron chi connectivity index (χ0n) is 19.0. The molecule has 0 aromatic heterocycles.